The van der Waals surface area contributed by atoms with Crippen molar-refractivity contribution in [3.05, 3.63) is 102 Å². The summed E-state index contributed by atoms with van der Waals surface area (Å²) in [6.45, 7) is 7.15. The lowest BCUT2D eigenvalue weighted by atomic mass is 9.93. The Balaban J connectivity index is 1.89. The van der Waals surface area contributed by atoms with Gasteiger partial charge in [-0.2, -0.15) is 0 Å². The SMILES string of the molecule is CCn1c2ccccc2c2c(C)c(C)c(OC(=O)c3ccccc3)c(-c3ccccc3)c21. The van der Waals surface area contributed by atoms with E-state index in [4.69, 9.17) is 4.74 Å². The third-order valence-corrected chi connectivity index (χ3v) is 6.30. The second kappa shape index (κ2) is 8.01. The molecule has 1 heterocycles. The van der Waals surface area contributed by atoms with Crippen LogP contribution < -0.4 is 4.74 Å². The zero-order valence-corrected chi connectivity index (χ0v) is 18.6. The summed E-state index contributed by atoms with van der Waals surface area (Å²) in [6, 6.07) is 27.9. The van der Waals surface area contributed by atoms with Gasteiger partial charge in [0, 0.05) is 28.4 Å². The number of benzene rings is 4. The molecule has 0 atom stereocenters. The van der Waals surface area contributed by atoms with E-state index in [2.05, 4.69) is 54.8 Å². The number of rotatable bonds is 4. The lowest BCUT2D eigenvalue weighted by Crippen LogP contribution is -2.11. The first kappa shape index (κ1) is 20.1. The van der Waals surface area contributed by atoms with Gasteiger partial charge in [-0.1, -0.05) is 66.7 Å². The molecule has 0 aliphatic rings. The molecule has 0 fully saturated rings. The number of hydrogen-bond donors (Lipinski definition) is 0. The Morgan fingerprint density at radius 3 is 2.12 bits per heavy atom. The highest BCUT2D eigenvalue weighted by Gasteiger charge is 2.25. The molecule has 0 bridgehead atoms. The zero-order valence-electron chi connectivity index (χ0n) is 18.6. The molecule has 158 valence electrons. The van der Waals surface area contributed by atoms with Crippen molar-refractivity contribution >= 4 is 27.8 Å². The quantitative estimate of drug-likeness (QED) is 0.226. The molecule has 0 aliphatic carbocycles. The van der Waals surface area contributed by atoms with E-state index in [-0.39, 0.29) is 5.97 Å². The fourth-order valence-electron chi connectivity index (χ4n) is 4.65. The van der Waals surface area contributed by atoms with Gasteiger partial charge >= 0.3 is 5.97 Å². The predicted molar refractivity (Wildman–Crippen MR) is 131 cm³/mol. The number of carbonyl (C=O) groups is 1. The van der Waals surface area contributed by atoms with Crippen LogP contribution in [0.25, 0.3) is 32.9 Å². The number of esters is 1. The van der Waals surface area contributed by atoms with Crippen molar-refractivity contribution in [1.29, 1.82) is 0 Å². The Hall–Kier alpha value is -3.85. The van der Waals surface area contributed by atoms with E-state index >= 15 is 0 Å². The molecule has 0 unspecified atom stereocenters. The Kier molecular flexibility index (Phi) is 5.02. The number of ether oxygens (including phenoxy) is 1. The van der Waals surface area contributed by atoms with Gasteiger partial charge in [-0.05, 0) is 55.7 Å². The maximum absolute atomic E-state index is 13.1. The lowest BCUT2D eigenvalue weighted by molar-refractivity contribution is 0.0734. The fourth-order valence-corrected chi connectivity index (χ4v) is 4.65. The molecule has 3 nitrogen and oxygen atoms in total. The highest BCUT2D eigenvalue weighted by Crippen LogP contribution is 2.46. The van der Waals surface area contributed by atoms with Gasteiger partial charge in [0.15, 0.2) is 0 Å². The molecule has 3 heteroatoms. The average molecular weight is 420 g/mol. The van der Waals surface area contributed by atoms with E-state index in [0.29, 0.717) is 11.3 Å². The van der Waals surface area contributed by atoms with Crippen LogP contribution in [0, 0.1) is 13.8 Å². The van der Waals surface area contributed by atoms with Crippen LogP contribution in [0.1, 0.15) is 28.4 Å². The van der Waals surface area contributed by atoms with Gasteiger partial charge in [-0.25, -0.2) is 4.79 Å². The maximum Gasteiger partial charge on any atom is 0.343 e. The Bertz CT molecular complexity index is 1450. The lowest BCUT2D eigenvalue weighted by Gasteiger charge is -2.19. The zero-order chi connectivity index (χ0) is 22.2. The summed E-state index contributed by atoms with van der Waals surface area (Å²) in [5.74, 6) is 0.288. The van der Waals surface area contributed by atoms with Crippen molar-refractivity contribution in [3.63, 3.8) is 0 Å². The molecule has 5 rings (SSSR count). The molecule has 0 amide bonds. The number of nitrogens with zero attached hydrogens (tertiary/aromatic N) is 1. The highest BCUT2D eigenvalue weighted by atomic mass is 16.5. The van der Waals surface area contributed by atoms with E-state index in [1.54, 1.807) is 12.1 Å². The summed E-state index contributed by atoms with van der Waals surface area (Å²) in [4.78, 5) is 13.1. The smallest absolute Gasteiger partial charge is 0.343 e. The van der Waals surface area contributed by atoms with Crippen molar-refractivity contribution in [2.24, 2.45) is 0 Å². The average Bonchev–Trinajstić information content (AvgIpc) is 3.17. The third-order valence-electron chi connectivity index (χ3n) is 6.30. The van der Waals surface area contributed by atoms with Gasteiger partial charge in [0.05, 0.1) is 11.1 Å². The van der Waals surface area contributed by atoms with Crippen LogP contribution in [-0.4, -0.2) is 10.5 Å². The summed E-state index contributed by atoms with van der Waals surface area (Å²) in [5, 5.41) is 2.45. The van der Waals surface area contributed by atoms with Crippen LogP contribution in [0.15, 0.2) is 84.9 Å². The molecule has 32 heavy (non-hydrogen) atoms. The minimum Gasteiger partial charge on any atom is -0.422 e. The van der Waals surface area contributed by atoms with E-state index in [1.165, 1.54) is 16.3 Å². The van der Waals surface area contributed by atoms with Crippen molar-refractivity contribution in [1.82, 2.24) is 4.57 Å². The Morgan fingerprint density at radius 2 is 1.44 bits per heavy atom. The van der Waals surface area contributed by atoms with Gasteiger partial charge in [0.25, 0.3) is 0 Å². The predicted octanol–water partition coefficient (Wildman–Crippen LogP) is 7.32. The summed E-state index contributed by atoms with van der Waals surface area (Å²) >= 11 is 0. The van der Waals surface area contributed by atoms with E-state index in [9.17, 15) is 4.79 Å². The summed E-state index contributed by atoms with van der Waals surface area (Å²) in [7, 11) is 0. The molecule has 0 aliphatic heterocycles. The van der Waals surface area contributed by atoms with Crippen LogP contribution in [0.3, 0.4) is 0 Å². The van der Waals surface area contributed by atoms with Gasteiger partial charge < -0.3 is 9.30 Å². The number of aryl methyl sites for hydroxylation is 2. The van der Waals surface area contributed by atoms with Gasteiger partial charge in [-0.15, -0.1) is 0 Å². The summed E-state index contributed by atoms with van der Waals surface area (Å²) in [6.07, 6.45) is 0. The maximum atomic E-state index is 13.1. The molecule has 0 saturated heterocycles. The minimum absolute atomic E-state index is 0.344. The molecule has 0 N–H and O–H groups in total. The summed E-state index contributed by atoms with van der Waals surface area (Å²) < 4.78 is 8.48. The van der Waals surface area contributed by atoms with Crippen molar-refractivity contribution in [2.75, 3.05) is 0 Å². The van der Waals surface area contributed by atoms with Crippen LogP contribution in [0.2, 0.25) is 0 Å². The molecule has 0 spiro atoms. The molecule has 0 saturated carbocycles. The molecule has 5 aromatic rings. The van der Waals surface area contributed by atoms with Crippen molar-refractivity contribution in [3.8, 4) is 16.9 Å². The molecular formula is C29H25NO2. The largest absolute Gasteiger partial charge is 0.422 e. The van der Waals surface area contributed by atoms with Gasteiger partial charge in [0.1, 0.15) is 5.75 Å². The first-order valence-electron chi connectivity index (χ1n) is 11.0. The normalized spacial score (nSPS) is 11.2. The monoisotopic (exact) mass is 419 g/mol. The minimum atomic E-state index is -0.344. The second-order valence-corrected chi connectivity index (χ2v) is 8.06. The highest BCUT2D eigenvalue weighted by molar-refractivity contribution is 6.16. The van der Waals surface area contributed by atoms with Crippen LogP contribution >= 0.6 is 0 Å². The van der Waals surface area contributed by atoms with E-state index in [1.807, 2.05) is 43.3 Å². The third kappa shape index (κ3) is 3.09. The Labute approximate surface area is 187 Å². The first-order valence-corrected chi connectivity index (χ1v) is 11.0. The number of para-hydroxylation sites is 1. The number of aromatic nitrogens is 1. The molecular weight excluding hydrogens is 394 g/mol. The first-order chi connectivity index (χ1) is 15.6. The molecule has 0 radical (unpaired) electrons. The second-order valence-electron chi connectivity index (χ2n) is 8.06. The topological polar surface area (TPSA) is 31.2 Å². The van der Waals surface area contributed by atoms with Crippen molar-refractivity contribution < 1.29 is 9.53 Å². The summed E-state index contributed by atoms with van der Waals surface area (Å²) in [5.41, 5.74) is 6.97. The number of fused-ring (bicyclic) bond motifs is 3. The van der Waals surface area contributed by atoms with Crippen molar-refractivity contribution in [2.45, 2.75) is 27.3 Å². The number of hydrogen-bond acceptors (Lipinski definition) is 2. The van der Waals surface area contributed by atoms with Crippen LogP contribution in [-0.2, 0) is 6.54 Å². The van der Waals surface area contributed by atoms with E-state index < -0.39 is 0 Å². The Morgan fingerprint density at radius 1 is 0.812 bits per heavy atom. The number of carbonyl (C=O) groups excluding carboxylic acids is 1. The fraction of sp³-hybridized carbons (Fsp3) is 0.138. The van der Waals surface area contributed by atoms with E-state index in [0.717, 1.165) is 34.3 Å². The molecule has 4 aromatic carbocycles. The van der Waals surface area contributed by atoms with Gasteiger partial charge in [-0.3, -0.25) is 0 Å². The standard InChI is InChI=1S/C29H25NO2/c1-4-30-24-18-12-11-17-23(24)25-19(2)20(3)28(32-29(31)22-15-9-6-10-16-22)26(27(25)30)21-13-7-5-8-14-21/h5-18H,4H2,1-3H3. The van der Waals surface area contributed by atoms with Crippen LogP contribution in [0.4, 0.5) is 0 Å². The van der Waals surface area contributed by atoms with Gasteiger partial charge in [0.2, 0.25) is 0 Å². The molecule has 1 aromatic heterocycles. The van der Waals surface area contributed by atoms with Crippen LogP contribution in [0.5, 0.6) is 5.75 Å².